The maximum Gasteiger partial charge on any atom is 0.226 e. The summed E-state index contributed by atoms with van der Waals surface area (Å²) in [7, 11) is 0. The highest BCUT2D eigenvalue weighted by Gasteiger charge is 2.22. The second kappa shape index (κ2) is 8.69. The molecule has 0 aliphatic carbocycles. The summed E-state index contributed by atoms with van der Waals surface area (Å²) < 4.78 is 0. The molecule has 0 saturated heterocycles. The molecule has 0 fully saturated rings. The predicted molar refractivity (Wildman–Crippen MR) is 101 cm³/mol. The van der Waals surface area contributed by atoms with Gasteiger partial charge in [-0.25, -0.2) is 0 Å². The highest BCUT2D eigenvalue weighted by molar-refractivity contribution is 5.85. The van der Waals surface area contributed by atoms with E-state index >= 15 is 0 Å². The van der Waals surface area contributed by atoms with Gasteiger partial charge in [-0.3, -0.25) is 9.78 Å². The van der Waals surface area contributed by atoms with Crippen LogP contribution in [0.15, 0.2) is 48.7 Å². The number of carbonyl (C=O) groups excluding carboxylic acids is 1. The number of carbonyl (C=O) groups is 1. The average Bonchev–Trinajstić information content (AvgIpc) is 2.48. The Kier molecular flexibility index (Phi) is 7.23. The minimum Gasteiger partial charge on any atom is -0.397 e. The summed E-state index contributed by atoms with van der Waals surface area (Å²) in [6.07, 6.45) is 2.71. The van der Waals surface area contributed by atoms with Crippen molar-refractivity contribution in [3.8, 4) is 0 Å². The van der Waals surface area contributed by atoms with E-state index < -0.39 is 0 Å². The lowest BCUT2D eigenvalue weighted by Crippen LogP contribution is -2.32. The third kappa shape index (κ3) is 6.59. The summed E-state index contributed by atoms with van der Waals surface area (Å²) in [5, 5.41) is 3.14. The first kappa shape index (κ1) is 20.0. The van der Waals surface area contributed by atoms with Gasteiger partial charge in [0.1, 0.15) is 0 Å². The largest absolute Gasteiger partial charge is 0.397 e. The highest BCUT2D eigenvalue weighted by atomic mass is 35.5. The van der Waals surface area contributed by atoms with E-state index in [1.54, 1.807) is 18.3 Å². The maximum absolute atomic E-state index is 12.4. The fourth-order valence-corrected chi connectivity index (χ4v) is 2.50. The van der Waals surface area contributed by atoms with Crippen LogP contribution < -0.4 is 11.1 Å². The van der Waals surface area contributed by atoms with Crippen molar-refractivity contribution in [3.63, 3.8) is 0 Å². The van der Waals surface area contributed by atoms with E-state index in [9.17, 15) is 4.79 Å². The number of hydrogen-bond donors (Lipinski definition) is 2. The van der Waals surface area contributed by atoms with Crippen LogP contribution in [0.2, 0.25) is 0 Å². The standard InChI is InChI=1S/C19H25N3O.ClH/c1-19(2,3)12-17(14-7-5-4-6-8-14)22-18(23)11-16-10-9-15(20)13-21-16;/h4-10,13,17H,11-12,20H2,1-3H3,(H,22,23);1H. The minimum absolute atomic E-state index is 0. The van der Waals surface area contributed by atoms with Crippen molar-refractivity contribution in [2.24, 2.45) is 5.41 Å². The molecule has 2 aromatic rings. The molecule has 1 amide bonds. The number of halogens is 1. The van der Waals surface area contributed by atoms with Gasteiger partial charge in [0.05, 0.1) is 24.3 Å². The number of aromatic nitrogens is 1. The molecule has 1 heterocycles. The number of nitrogen functional groups attached to an aromatic ring is 1. The van der Waals surface area contributed by atoms with Crippen molar-refractivity contribution < 1.29 is 4.79 Å². The SMILES string of the molecule is CC(C)(C)CC(NC(=O)Cc1ccc(N)cn1)c1ccccc1.Cl. The van der Waals surface area contributed by atoms with E-state index in [1.807, 2.05) is 18.2 Å². The molecule has 0 aliphatic heterocycles. The molecular formula is C19H26ClN3O. The highest BCUT2D eigenvalue weighted by Crippen LogP contribution is 2.29. The number of nitrogens with one attached hydrogen (secondary N) is 1. The Labute approximate surface area is 150 Å². The summed E-state index contributed by atoms with van der Waals surface area (Å²) in [5.74, 6) is -0.0274. The van der Waals surface area contributed by atoms with Crippen molar-refractivity contribution >= 4 is 24.0 Å². The van der Waals surface area contributed by atoms with Gasteiger partial charge in [0.15, 0.2) is 0 Å². The number of nitrogens with zero attached hydrogens (tertiary/aromatic N) is 1. The lowest BCUT2D eigenvalue weighted by atomic mass is 9.85. The Morgan fingerprint density at radius 2 is 1.83 bits per heavy atom. The molecule has 3 N–H and O–H groups in total. The van der Waals surface area contributed by atoms with Gasteiger partial charge >= 0.3 is 0 Å². The molecule has 0 radical (unpaired) electrons. The lowest BCUT2D eigenvalue weighted by Gasteiger charge is -2.27. The second-order valence-corrected chi connectivity index (χ2v) is 7.06. The van der Waals surface area contributed by atoms with E-state index in [4.69, 9.17) is 5.73 Å². The zero-order valence-corrected chi connectivity index (χ0v) is 15.3. The normalized spacial score (nSPS) is 12.1. The monoisotopic (exact) mass is 347 g/mol. The van der Waals surface area contributed by atoms with Crippen molar-refractivity contribution in [3.05, 3.63) is 59.9 Å². The molecule has 24 heavy (non-hydrogen) atoms. The third-order valence-corrected chi connectivity index (χ3v) is 3.54. The van der Waals surface area contributed by atoms with Crippen LogP contribution in [0.5, 0.6) is 0 Å². The smallest absolute Gasteiger partial charge is 0.226 e. The molecule has 1 aromatic heterocycles. The topological polar surface area (TPSA) is 68.0 Å². The van der Waals surface area contributed by atoms with E-state index in [2.05, 4.69) is 43.2 Å². The number of benzene rings is 1. The van der Waals surface area contributed by atoms with Gasteiger partial charge in [-0.15, -0.1) is 12.4 Å². The molecule has 1 unspecified atom stereocenters. The molecule has 2 rings (SSSR count). The fourth-order valence-electron chi connectivity index (χ4n) is 2.50. The van der Waals surface area contributed by atoms with Gasteiger partial charge in [0, 0.05) is 5.69 Å². The quantitative estimate of drug-likeness (QED) is 0.861. The van der Waals surface area contributed by atoms with Gasteiger partial charge in [-0.2, -0.15) is 0 Å². The molecule has 0 spiro atoms. The molecule has 130 valence electrons. The van der Waals surface area contributed by atoms with Crippen molar-refractivity contribution in [1.29, 1.82) is 0 Å². The number of pyridine rings is 1. The lowest BCUT2D eigenvalue weighted by molar-refractivity contribution is -0.121. The van der Waals surface area contributed by atoms with Crippen LogP contribution in [0.25, 0.3) is 0 Å². The number of nitrogens with two attached hydrogens (primary N) is 1. The van der Waals surface area contributed by atoms with Crippen LogP contribution >= 0.6 is 12.4 Å². The first-order chi connectivity index (χ1) is 10.8. The van der Waals surface area contributed by atoms with Crippen LogP contribution in [0.4, 0.5) is 5.69 Å². The Balaban J connectivity index is 0.00000288. The van der Waals surface area contributed by atoms with Gasteiger partial charge in [0.25, 0.3) is 0 Å². The molecular weight excluding hydrogens is 322 g/mol. The first-order valence-electron chi connectivity index (χ1n) is 7.88. The maximum atomic E-state index is 12.4. The van der Waals surface area contributed by atoms with E-state index in [1.165, 1.54) is 0 Å². The molecule has 1 atom stereocenters. The van der Waals surface area contributed by atoms with Crippen LogP contribution in [-0.4, -0.2) is 10.9 Å². The summed E-state index contributed by atoms with van der Waals surface area (Å²) in [5.41, 5.74) is 8.19. The molecule has 4 nitrogen and oxygen atoms in total. The summed E-state index contributed by atoms with van der Waals surface area (Å²) in [6.45, 7) is 6.53. The Morgan fingerprint density at radius 1 is 1.17 bits per heavy atom. The van der Waals surface area contributed by atoms with Gasteiger partial charge in [0.2, 0.25) is 5.91 Å². The van der Waals surface area contributed by atoms with E-state index in [-0.39, 0.29) is 36.2 Å². The van der Waals surface area contributed by atoms with Crippen molar-refractivity contribution in [2.75, 3.05) is 5.73 Å². The number of anilines is 1. The number of hydrogen-bond acceptors (Lipinski definition) is 3. The molecule has 0 aliphatic rings. The first-order valence-corrected chi connectivity index (χ1v) is 7.88. The minimum atomic E-state index is -0.0274. The number of amides is 1. The zero-order valence-electron chi connectivity index (χ0n) is 14.5. The Hall–Kier alpha value is -2.07. The molecule has 5 heteroatoms. The summed E-state index contributed by atoms with van der Waals surface area (Å²) >= 11 is 0. The number of rotatable bonds is 5. The Bertz CT molecular complexity index is 636. The third-order valence-electron chi connectivity index (χ3n) is 3.54. The zero-order chi connectivity index (χ0) is 16.9. The second-order valence-electron chi connectivity index (χ2n) is 7.06. The van der Waals surface area contributed by atoms with Gasteiger partial charge < -0.3 is 11.1 Å². The van der Waals surface area contributed by atoms with Crippen LogP contribution in [0.1, 0.15) is 44.5 Å². The fraction of sp³-hybridized carbons (Fsp3) is 0.368. The summed E-state index contributed by atoms with van der Waals surface area (Å²) in [4.78, 5) is 16.6. The molecule has 0 bridgehead atoms. The van der Waals surface area contributed by atoms with Crippen LogP contribution in [0.3, 0.4) is 0 Å². The van der Waals surface area contributed by atoms with E-state index in [0.717, 1.165) is 17.7 Å². The van der Waals surface area contributed by atoms with E-state index in [0.29, 0.717) is 5.69 Å². The van der Waals surface area contributed by atoms with Crippen molar-refractivity contribution in [1.82, 2.24) is 10.3 Å². The molecule has 0 saturated carbocycles. The van der Waals surface area contributed by atoms with Crippen molar-refractivity contribution in [2.45, 2.75) is 39.7 Å². The average molecular weight is 348 g/mol. The van der Waals surface area contributed by atoms with Crippen LogP contribution in [0, 0.1) is 5.41 Å². The van der Waals surface area contributed by atoms with Gasteiger partial charge in [-0.05, 0) is 29.5 Å². The Morgan fingerprint density at radius 3 is 2.38 bits per heavy atom. The van der Waals surface area contributed by atoms with Crippen LogP contribution in [-0.2, 0) is 11.2 Å². The van der Waals surface area contributed by atoms with Gasteiger partial charge in [-0.1, -0.05) is 51.1 Å². The molecule has 1 aromatic carbocycles. The predicted octanol–water partition coefficient (Wildman–Crippen LogP) is 3.92. The summed E-state index contributed by atoms with van der Waals surface area (Å²) in [6, 6.07) is 13.6.